The molecule has 1 N–H and O–H groups in total. The summed E-state index contributed by atoms with van der Waals surface area (Å²) >= 11 is 0. The van der Waals surface area contributed by atoms with Gasteiger partial charge in [0.1, 0.15) is 0 Å². The van der Waals surface area contributed by atoms with Gasteiger partial charge < -0.3 is 10.0 Å². The fraction of sp³-hybridized carbons (Fsp3) is 0.882. The molecule has 0 aromatic carbocycles. The Morgan fingerprint density at radius 3 is 2.52 bits per heavy atom. The lowest BCUT2D eigenvalue weighted by Gasteiger charge is -2.42. The fourth-order valence-electron chi connectivity index (χ4n) is 4.13. The van der Waals surface area contributed by atoms with E-state index in [-0.39, 0.29) is 17.7 Å². The van der Waals surface area contributed by atoms with Crippen molar-refractivity contribution in [3.05, 3.63) is 0 Å². The smallest absolute Gasteiger partial charge is 0.306 e. The van der Waals surface area contributed by atoms with Crippen molar-refractivity contribution in [2.45, 2.75) is 71.3 Å². The summed E-state index contributed by atoms with van der Waals surface area (Å²) in [6, 6.07) is 0.362. The van der Waals surface area contributed by atoms with Crippen LogP contribution in [0.15, 0.2) is 0 Å². The lowest BCUT2D eigenvalue weighted by molar-refractivity contribution is -0.147. The predicted octanol–water partition coefficient (Wildman–Crippen LogP) is 3.30. The number of nitrogens with zero attached hydrogens (tertiary/aromatic N) is 1. The third kappa shape index (κ3) is 3.78. The molecule has 0 bridgehead atoms. The van der Waals surface area contributed by atoms with E-state index in [4.69, 9.17) is 0 Å². The highest BCUT2D eigenvalue weighted by Gasteiger charge is 2.37. The molecule has 0 radical (unpaired) electrons. The van der Waals surface area contributed by atoms with Gasteiger partial charge in [0.25, 0.3) is 0 Å². The molecular weight excluding hydrogens is 266 g/mol. The molecule has 0 spiro atoms. The lowest BCUT2D eigenvalue weighted by Crippen LogP contribution is -2.50. The van der Waals surface area contributed by atoms with Crippen LogP contribution in [0.25, 0.3) is 0 Å². The van der Waals surface area contributed by atoms with Crippen molar-refractivity contribution in [1.29, 1.82) is 0 Å². The number of carbonyl (C=O) groups excluding carboxylic acids is 1. The number of hydrogen-bond acceptors (Lipinski definition) is 2. The average Bonchev–Trinajstić information content (AvgIpc) is 2.49. The van der Waals surface area contributed by atoms with Gasteiger partial charge in [-0.2, -0.15) is 0 Å². The molecule has 4 atom stereocenters. The van der Waals surface area contributed by atoms with E-state index in [1.807, 2.05) is 0 Å². The summed E-state index contributed by atoms with van der Waals surface area (Å²) in [5, 5.41) is 9.20. The highest BCUT2D eigenvalue weighted by molar-refractivity contribution is 5.80. The van der Waals surface area contributed by atoms with Crippen molar-refractivity contribution in [3.8, 4) is 0 Å². The minimum Gasteiger partial charge on any atom is -0.481 e. The normalized spacial score (nSPS) is 33.7. The first-order chi connectivity index (χ1) is 10.0. The van der Waals surface area contributed by atoms with Crippen molar-refractivity contribution >= 4 is 11.9 Å². The van der Waals surface area contributed by atoms with Crippen LogP contribution in [-0.2, 0) is 9.59 Å². The van der Waals surface area contributed by atoms with Gasteiger partial charge in [0, 0.05) is 18.5 Å². The molecule has 0 aromatic rings. The summed E-state index contributed by atoms with van der Waals surface area (Å²) in [6.45, 7) is 5.29. The Labute approximate surface area is 127 Å². The first-order valence-corrected chi connectivity index (χ1v) is 8.57. The Balaban J connectivity index is 2.04. The molecule has 120 valence electrons. The van der Waals surface area contributed by atoms with Gasteiger partial charge in [-0.1, -0.05) is 26.7 Å². The molecule has 4 unspecified atom stereocenters. The van der Waals surface area contributed by atoms with Crippen molar-refractivity contribution in [3.63, 3.8) is 0 Å². The van der Waals surface area contributed by atoms with E-state index in [9.17, 15) is 14.7 Å². The van der Waals surface area contributed by atoms with Gasteiger partial charge in [-0.3, -0.25) is 9.59 Å². The number of aliphatic carboxylic acids is 1. The molecular formula is C17H29NO3. The molecule has 0 aromatic heterocycles. The summed E-state index contributed by atoms with van der Waals surface area (Å²) in [5.41, 5.74) is 0. The lowest BCUT2D eigenvalue weighted by atomic mass is 9.79. The van der Waals surface area contributed by atoms with Crippen LogP contribution in [0.1, 0.15) is 65.2 Å². The standard InChI is InChI=1S/C17H29NO3/c1-3-6-15-12(2)7-5-10-18(15)16(19)13-8-4-9-14(11-13)17(20)21/h12-15H,3-11H2,1-2H3,(H,20,21). The second-order valence-electron chi connectivity index (χ2n) is 6.91. The van der Waals surface area contributed by atoms with Gasteiger partial charge in [-0.15, -0.1) is 0 Å². The van der Waals surface area contributed by atoms with E-state index in [0.29, 0.717) is 18.4 Å². The van der Waals surface area contributed by atoms with Crippen molar-refractivity contribution < 1.29 is 14.7 Å². The van der Waals surface area contributed by atoms with Gasteiger partial charge in [-0.05, 0) is 44.4 Å². The summed E-state index contributed by atoms with van der Waals surface area (Å²) < 4.78 is 0. The zero-order valence-electron chi connectivity index (χ0n) is 13.4. The van der Waals surface area contributed by atoms with Crippen LogP contribution in [-0.4, -0.2) is 34.5 Å². The SMILES string of the molecule is CCCC1C(C)CCCN1C(=O)C1CCCC(C(=O)O)C1. The van der Waals surface area contributed by atoms with E-state index in [0.717, 1.165) is 45.1 Å². The minimum absolute atomic E-state index is 0.0653. The second kappa shape index (κ2) is 7.28. The van der Waals surface area contributed by atoms with Crippen LogP contribution >= 0.6 is 0 Å². The largest absolute Gasteiger partial charge is 0.481 e. The maximum atomic E-state index is 12.9. The molecule has 1 saturated heterocycles. The van der Waals surface area contributed by atoms with E-state index < -0.39 is 5.97 Å². The topological polar surface area (TPSA) is 57.6 Å². The molecule has 4 heteroatoms. The van der Waals surface area contributed by atoms with Crippen molar-refractivity contribution in [1.82, 2.24) is 4.90 Å². The molecule has 2 fully saturated rings. The summed E-state index contributed by atoms with van der Waals surface area (Å²) in [5.74, 6) is -0.318. The van der Waals surface area contributed by atoms with Gasteiger partial charge >= 0.3 is 5.97 Å². The van der Waals surface area contributed by atoms with Crippen LogP contribution < -0.4 is 0 Å². The van der Waals surface area contributed by atoms with Gasteiger partial charge in [0.15, 0.2) is 0 Å². The molecule has 1 saturated carbocycles. The summed E-state index contributed by atoms with van der Waals surface area (Å²) in [7, 11) is 0. The number of hydrogen-bond donors (Lipinski definition) is 1. The number of carbonyl (C=O) groups is 2. The molecule has 2 aliphatic rings. The Kier molecular flexibility index (Phi) is 5.65. The highest BCUT2D eigenvalue weighted by atomic mass is 16.4. The van der Waals surface area contributed by atoms with Crippen LogP contribution in [0.2, 0.25) is 0 Å². The van der Waals surface area contributed by atoms with Gasteiger partial charge in [0.2, 0.25) is 5.91 Å². The molecule has 1 heterocycles. The number of carboxylic acids is 1. The Morgan fingerprint density at radius 2 is 1.86 bits per heavy atom. The Morgan fingerprint density at radius 1 is 1.14 bits per heavy atom. The van der Waals surface area contributed by atoms with E-state index in [1.54, 1.807) is 0 Å². The first-order valence-electron chi connectivity index (χ1n) is 8.57. The van der Waals surface area contributed by atoms with Crippen molar-refractivity contribution in [2.24, 2.45) is 17.8 Å². The van der Waals surface area contributed by atoms with Crippen LogP contribution in [0.4, 0.5) is 0 Å². The molecule has 21 heavy (non-hydrogen) atoms. The third-order valence-corrected chi connectivity index (χ3v) is 5.36. The second-order valence-corrected chi connectivity index (χ2v) is 6.91. The number of rotatable bonds is 4. The number of amides is 1. The van der Waals surface area contributed by atoms with Gasteiger partial charge in [-0.25, -0.2) is 0 Å². The Bertz CT molecular complexity index is 382. The quantitative estimate of drug-likeness (QED) is 0.865. The van der Waals surface area contributed by atoms with Crippen LogP contribution in [0, 0.1) is 17.8 Å². The first kappa shape index (κ1) is 16.3. The van der Waals surface area contributed by atoms with E-state index in [1.165, 1.54) is 6.42 Å². The summed E-state index contributed by atoms with van der Waals surface area (Å²) in [4.78, 5) is 26.2. The fourth-order valence-corrected chi connectivity index (χ4v) is 4.13. The number of likely N-dealkylation sites (tertiary alicyclic amines) is 1. The van der Waals surface area contributed by atoms with Crippen molar-refractivity contribution in [2.75, 3.05) is 6.54 Å². The zero-order chi connectivity index (χ0) is 15.4. The number of piperidine rings is 1. The maximum absolute atomic E-state index is 12.9. The summed E-state index contributed by atoms with van der Waals surface area (Å²) in [6.07, 6.45) is 7.47. The third-order valence-electron chi connectivity index (χ3n) is 5.36. The van der Waals surface area contributed by atoms with E-state index in [2.05, 4.69) is 18.7 Å². The molecule has 1 aliphatic carbocycles. The Hall–Kier alpha value is -1.06. The highest BCUT2D eigenvalue weighted by Crippen LogP contribution is 2.34. The molecule has 1 aliphatic heterocycles. The van der Waals surface area contributed by atoms with E-state index >= 15 is 0 Å². The molecule has 2 rings (SSSR count). The van der Waals surface area contributed by atoms with Crippen LogP contribution in [0.5, 0.6) is 0 Å². The molecule has 1 amide bonds. The number of carboxylic acid groups (broad SMARTS) is 1. The minimum atomic E-state index is -0.732. The van der Waals surface area contributed by atoms with Gasteiger partial charge in [0.05, 0.1) is 5.92 Å². The zero-order valence-corrected chi connectivity index (χ0v) is 13.4. The average molecular weight is 295 g/mol. The van der Waals surface area contributed by atoms with Crippen LogP contribution in [0.3, 0.4) is 0 Å². The maximum Gasteiger partial charge on any atom is 0.306 e. The predicted molar refractivity (Wildman–Crippen MR) is 81.9 cm³/mol. The monoisotopic (exact) mass is 295 g/mol. The molecule has 4 nitrogen and oxygen atoms in total.